The number of aromatic nitrogens is 5. The number of aliphatic hydroxyl groups is 1. The van der Waals surface area contributed by atoms with Gasteiger partial charge in [0.05, 0.1) is 24.0 Å². The topological polar surface area (TPSA) is 113 Å². The third kappa shape index (κ3) is 7.86. The fraction of sp³-hybridized carbons (Fsp3) is 0.448. The highest BCUT2D eigenvalue weighted by Gasteiger charge is 2.31. The first-order valence-corrected chi connectivity index (χ1v) is 15.4. The monoisotopic (exact) mass is 650 g/mol. The predicted octanol–water partition coefficient (Wildman–Crippen LogP) is 4.60. The molecule has 1 aliphatic rings. The van der Waals surface area contributed by atoms with E-state index in [2.05, 4.69) is 20.5 Å². The summed E-state index contributed by atoms with van der Waals surface area (Å²) in [6.45, 7) is -1.95. The number of amides is 1. The van der Waals surface area contributed by atoms with E-state index in [0.29, 0.717) is 37.1 Å². The van der Waals surface area contributed by atoms with E-state index in [9.17, 15) is 27.5 Å². The Morgan fingerprint density at radius 1 is 1.29 bits per heavy atom. The van der Waals surface area contributed by atoms with Gasteiger partial charge in [0, 0.05) is 55.1 Å². The maximum Gasteiger partial charge on any atom is 0.387 e. The van der Waals surface area contributed by atoms with E-state index >= 15 is 0 Å². The first-order chi connectivity index (χ1) is 21.4. The molecule has 3 aromatic heterocycles. The lowest BCUT2D eigenvalue weighted by atomic mass is 10.0. The minimum Gasteiger partial charge on any atom is -0.434 e. The number of nitrogens with zero attached hydrogens (tertiary/aromatic N) is 7. The number of rotatable bonds is 12. The molecule has 1 amide bonds. The molecule has 1 aromatic carbocycles. The SMILES string of the molecule is CSc1ccc(OC(F)F)c(-c2nn(CC(=O)N3CCC(N(C)CC(C)(F)F)CC3)cc2NC(O)c2cnn3cccnc23)c1. The van der Waals surface area contributed by atoms with Crippen LogP contribution in [0.2, 0.25) is 0 Å². The molecule has 16 heteroatoms. The fourth-order valence-corrected chi connectivity index (χ4v) is 5.89. The van der Waals surface area contributed by atoms with Gasteiger partial charge >= 0.3 is 6.61 Å². The van der Waals surface area contributed by atoms with Crippen LogP contribution >= 0.6 is 11.8 Å². The molecular weight excluding hydrogens is 616 g/mol. The van der Waals surface area contributed by atoms with E-state index in [1.54, 1.807) is 47.4 Å². The van der Waals surface area contributed by atoms with Crippen LogP contribution in [-0.2, 0) is 11.3 Å². The second kappa shape index (κ2) is 13.6. The van der Waals surface area contributed by atoms with Crippen LogP contribution in [0.25, 0.3) is 16.9 Å². The Hall–Kier alpha value is -3.89. The minimum atomic E-state index is -3.09. The Morgan fingerprint density at radius 3 is 2.73 bits per heavy atom. The summed E-state index contributed by atoms with van der Waals surface area (Å²) in [7, 11) is 1.66. The van der Waals surface area contributed by atoms with Crippen molar-refractivity contribution in [1.29, 1.82) is 0 Å². The second-order valence-electron chi connectivity index (χ2n) is 11.0. The normalized spacial score (nSPS) is 15.3. The van der Waals surface area contributed by atoms with Crippen molar-refractivity contribution in [2.45, 2.75) is 56.0 Å². The van der Waals surface area contributed by atoms with Crippen LogP contribution in [0.5, 0.6) is 5.75 Å². The maximum atomic E-state index is 13.5. The summed E-state index contributed by atoms with van der Waals surface area (Å²) < 4.78 is 61.4. The van der Waals surface area contributed by atoms with Gasteiger partial charge < -0.3 is 20.1 Å². The number of nitrogens with one attached hydrogen (secondary N) is 1. The summed E-state index contributed by atoms with van der Waals surface area (Å²) in [5, 5.41) is 22.9. The quantitative estimate of drug-likeness (QED) is 0.129. The first-order valence-electron chi connectivity index (χ1n) is 14.2. The molecule has 45 heavy (non-hydrogen) atoms. The zero-order valence-electron chi connectivity index (χ0n) is 24.9. The van der Waals surface area contributed by atoms with Crippen molar-refractivity contribution >= 4 is 29.0 Å². The molecule has 1 atom stereocenters. The van der Waals surface area contributed by atoms with Gasteiger partial charge in [0.25, 0.3) is 5.92 Å². The maximum absolute atomic E-state index is 13.5. The number of anilines is 1. The van der Waals surface area contributed by atoms with Gasteiger partial charge in [0.1, 0.15) is 18.0 Å². The first kappa shape index (κ1) is 32.5. The molecule has 1 unspecified atom stereocenters. The molecule has 11 nitrogen and oxygen atoms in total. The van der Waals surface area contributed by atoms with Crippen LogP contribution in [-0.4, -0.2) is 96.7 Å². The number of fused-ring (bicyclic) bond motifs is 1. The van der Waals surface area contributed by atoms with Gasteiger partial charge in [0.15, 0.2) is 11.9 Å². The molecule has 0 aliphatic carbocycles. The Balaban J connectivity index is 1.40. The molecule has 2 N–H and O–H groups in total. The molecular formula is C29H34F4N8O3S. The number of halogens is 4. The summed E-state index contributed by atoms with van der Waals surface area (Å²) in [5.74, 6) is -3.18. The number of carbonyl (C=O) groups is 1. The highest BCUT2D eigenvalue weighted by molar-refractivity contribution is 7.98. The van der Waals surface area contributed by atoms with Crippen molar-refractivity contribution in [1.82, 2.24) is 34.2 Å². The molecule has 4 heterocycles. The van der Waals surface area contributed by atoms with Gasteiger partial charge in [-0.05, 0) is 50.4 Å². The number of piperidine rings is 1. The molecule has 1 aliphatic heterocycles. The van der Waals surface area contributed by atoms with Gasteiger partial charge in [-0.2, -0.15) is 19.0 Å². The van der Waals surface area contributed by atoms with Crippen LogP contribution in [0.4, 0.5) is 23.2 Å². The van der Waals surface area contributed by atoms with E-state index < -0.39 is 18.8 Å². The number of benzene rings is 1. The van der Waals surface area contributed by atoms with Crippen LogP contribution in [0.15, 0.2) is 53.9 Å². The van der Waals surface area contributed by atoms with Crippen molar-refractivity contribution in [2.24, 2.45) is 0 Å². The van der Waals surface area contributed by atoms with Crippen LogP contribution in [0.1, 0.15) is 31.6 Å². The average Bonchev–Trinajstić information content (AvgIpc) is 3.60. The molecule has 0 spiro atoms. The van der Waals surface area contributed by atoms with Crippen LogP contribution in [0.3, 0.4) is 0 Å². The summed E-state index contributed by atoms with van der Waals surface area (Å²) in [5.41, 5.74) is 1.44. The standard InChI is InChI=1S/C29H34F4N8O3S/c1-29(32,33)17-38(2)18-7-11-39(12-8-18)24(42)16-40-15-22(36-27(43)21-14-35-41-10-4-9-34-26(21)41)25(37-40)20-13-19(45-3)5-6-23(20)44-28(30)31/h4-6,9-10,13-15,18,27-28,36,43H,7-8,11-12,16-17H2,1-3H3. The van der Waals surface area contributed by atoms with E-state index in [4.69, 9.17) is 4.74 Å². The minimum absolute atomic E-state index is 0.0696. The smallest absolute Gasteiger partial charge is 0.387 e. The molecule has 0 bridgehead atoms. The summed E-state index contributed by atoms with van der Waals surface area (Å²) in [6, 6.07) is 6.33. The van der Waals surface area contributed by atoms with Crippen molar-refractivity contribution in [3.63, 3.8) is 0 Å². The van der Waals surface area contributed by atoms with Crippen molar-refractivity contribution in [2.75, 3.05) is 38.3 Å². The van der Waals surface area contributed by atoms with Gasteiger partial charge in [-0.3, -0.25) is 14.4 Å². The lowest BCUT2D eigenvalue weighted by Crippen LogP contribution is -2.48. The summed E-state index contributed by atoms with van der Waals surface area (Å²) >= 11 is 1.39. The zero-order chi connectivity index (χ0) is 32.3. The van der Waals surface area contributed by atoms with Gasteiger partial charge in [-0.1, -0.05) is 0 Å². The van der Waals surface area contributed by atoms with Crippen molar-refractivity contribution in [3.05, 3.63) is 54.6 Å². The summed E-state index contributed by atoms with van der Waals surface area (Å²) in [6.07, 6.45) is 7.81. The molecule has 4 aromatic rings. The molecule has 1 fully saturated rings. The summed E-state index contributed by atoms with van der Waals surface area (Å²) in [4.78, 5) is 21.6. The molecule has 242 valence electrons. The third-order valence-corrected chi connectivity index (χ3v) is 8.30. The number of ether oxygens (including phenoxy) is 1. The lowest BCUT2D eigenvalue weighted by Gasteiger charge is -2.37. The number of aliphatic hydroxyl groups excluding tert-OH is 1. The Labute approximate surface area is 261 Å². The number of hydrogen-bond acceptors (Lipinski definition) is 9. The number of likely N-dealkylation sites (tertiary alicyclic amines) is 1. The van der Waals surface area contributed by atoms with Gasteiger partial charge in [-0.15, -0.1) is 11.8 Å². The highest BCUT2D eigenvalue weighted by Crippen LogP contribution is 2.38. The second-order valence-corrected chi connectivity index (χ2v) is 11.8. The number of thioether (sulfide) groups is 1. The van der Waals surface area contributed by atoms with Crippen molar-refractivity contribution in [3.8, 4) is 17.0 Å². The largest absolute Gasteiger partial charge is 0.434 e. The van der Waals surface area contributed by atoms with Crippen molar-refractivity contribution < 1.29 is 32.2 Å². The molecule has 5 rings (SSSR count). The lowest BCUT2D eigenvalue weighted by molar-refractivity contribution is -0.133. The Morgan fingerprint density at radius 2 is 2.04 bits per heavy atom. The zero-order valence-corrected chi connectivity index (χ0v) is 25.7. The fourth-order valence-electron chi connectivity index (χ4n) is 5.45. The third-order valence-electron chi connectivity index (χ3n) is 7.58. The van der Waals surface area contributed by atoms with E-state index in [0.717, 1.165) is 11.8 Å². The van der Waals surface area contributed by atoms with E-state index in [-0.39, 0.29) is 47.7 Å². The molecule has 0 saturated carbocycles. The predicted molar refractivity (Wildman–Crippen MR) is 160 cm³/mol. The van der Waals surface area contributed by atoms with Gasteiger partial charge in [0.2, 0.25) is 5.91 Å². The Bertz CT molecular complexity index is 1620. The molecule has 1 saturated heterocycles. The molecule has 0 radical (unpaired) electrons. The van der Waals surface area contributed by atoms with Crippen LogP contribution in [0, 0.1) is 0 Å². The number of hydrogen-bond donors (Lipinski definition) is 2. The van der Waals surface area contributed by atoms with E-state index in [1.807, 2.05) is 6.26 Å². The van der Waals surface area contributed by atoms with E-state index in [1.165, 1.54) is 39.4 Å². The number of alkyl halides is 4. The highest BCUT2D eigenvalue weighted by atomic mass is 32.2. The van der Waals surface area contributed by atoms with Gasteiger partial charge in [-0.25, -0.2) is 18.3 Å². The Kier molecular flexibility index (Phi) is 9.84. The average molecular weight is 651 g/mol. The number of carbonyl (C=O) groups excluding carboxylic acids is 1. The van der Waals surface area contributed by atoms with Crippen LogP contribution < -0.4 is 10.1 Å².